The quantitative estimate of drug-likeness (QED) is 0.148. The summed E-state index contributed by atoms with van der Waals surface area (Å²) in [5.74, 6) is -0.333. The van der Waals surface area contributed by atoms with Gasteiger partial charge in [-0.3, -0.25) is 4.57 Å². The highest BCUT2D eigenvalue weighted by atomic mass is 16.6. The Kier molecular flexibility index (Phi) is 3.57. The molecule has 0 bridgehead atoms. The Morgan fingerprint density at radius 1 is 1.47 bits per heavy atom. The van der Waals surface area contributed by atoms with Crippen LogP contribution in [0.25, 0.3) is 0 Å². The fraction of sp³-hybridized carbons (Fsp3) is 0.556. The minimum absolute atomic E-state index is 0.0203. The Morgan fingerprint density at radius 3 is 2.68 bits per heavy atom. The first-order chi connectivity index (χ1) is 9.01. The van der Waals surface area contributed by atoms with Gasteiger partial charge in [-0.15, -0.1) is 0 Å². The Balaban J connectivity index is 2.38. The average Bonchev–Trinajstić information content (AvgIpc) is 2.91. The van der Waals surface area contributed by atoms with Gasteiger partial charge in [-0.25, -0.2) is 4.98 Å². The second-order valence-corrected chi connectivity index (χ2v) is 4.10. The number of anilines is 1. The van der Waals surface area contributed by atoms with Crippen molar-refractivity contribution in [2.75, 3.05) is 12.3 Å². The van der Waals surface area contributed by atoms with E-state index < -0.39 is 31.1 Å². The fourth-order valence-corrected chi connectivity index (χ4v) is 1.99. The van der Waals surface area contributed by atoms with Gasteiger partial charge in [0, 0.05) is 0 Å². The van der Waals surface area contributed by atoms with Crippen LogP contribution in [0.15, 0.2) is 11.5 Å². The summed E-state index contributed by atoms with van der Waals surface area (Å²) in [4.78, 5) is 3.77. The van der Waals surface area contributed by atoms with Crippen molar-refractivity contribution in [3.8, 4) is 0 Å². The second-order valence-electron chi connectivity index (χ2n) is 4.10. The number of imidazole rings is 1. The molecule has 1 fully saturated rings. The van der Waals surface area contributed by atoms with E-state index in [1.807, 2.05) is 0 Å². The average molecular weight is 273 g/mol. The molecule has 0 spiro atoms. The SMILES string of the molecule is NC(=NO)c1c(N)ncn1C1OC(CO)C(O)C1O. The third-order valence-electron chi connectivity index (χ3n) is 2.96. The van der Waals surface area contributed by atoms with Crippen LogP contribution >= 0.6 is 0 Å². The zero-order valence-corrected chi connectivity index (χ0v) is 9.79. The molecule has 1 aliphatic heterocycles. The molecule has 106 valence electrons. The van der Waals surface area contributed by atoms with Crippen molar-refractivity contribution >= 4 is 11.7 Å². The van der Waals surface area contributed by atoms with Gasteiger partial charge >= 0.3 is 0 Å². The molecule has 8 N–H and O–H groups in total. The lowest BCUT2D eigenvalue weighted by atomic mass is 10.1. The predicted octanol–water partition coefficient (Wildman–Crippen LogP) is -2.83. The lowest BCUT2D eigenvalue weighted by Gasteiger charge is -2.18. The molecule has 1 aromatic rings. The maximum Gasteiger partial charge on any atom is 0.190 e. The van der Waals surface area contributed by atoms with Gasteiger partial charge in [0.1, 0.15) is 24.0 Å². The van der Waals surface area contributed by atoms with E-state index in [2.05, 4.69) is 10.1 Å². The maximum atomic E-state index is 9.88. The standard InChI is InChI=1S/C9H15N5O5/c10-7-4(8(11)13-18)14(2-12-7)9-6(17)5(16)3(1-15)19-9/h2-3,5-6,9,15-18H,1,10H2,(H2,11,13). The van der Waals surface area contributed by atoms with Crippen molar-refractivity contribution in [1.82, 2.24) is 9.55 Å². The van der Waals surface area contributed by atoms with Gasteiger partial charge in [0.2, 0.25) is 0 Å². The number of hydrogen-bond acceptors (Lipinski definition) is 8. The van der Waals surface area contributed by atoms with Crippen LogP contribution < -0.4 is 11.5 Å². The molecule has 10 nitrogen and oxygen atoms in total. The van der Waals surface area contributed by atoms with Gasteiger partial charge in [0.25, 0.3) is 0 Å². The topological polar surface area (TPSA) is 172 Å². The van der Waals surface area contributed by atoms with Crippen LogP contribution in [0.2, 0.25) is 0 Å². The number of nitrogens with two attached hydrogens (primary N) is 2. The second kappa shape index (κ2) is 5.01. The lowest BCUT2D eigenvalue weighted by molar-refractivity contribution is -0.0530. The summed E-state index contributed by atoms with van der Waals surface area (Å²) >= 11 is 0. The van der Waals surface area contributed by atoms with E-state index in [0.717, 1.165) is 0 Å². The predicted molar refractivity (Wildman–Crippen MR) is 62.2 cm³/mol. The maximum absolute atomic E-state index is 9.88. The lowest BCUT2D eigenvalue weighted by Crippen LogP contribution is -2.33. The van der Waals surface area contributed by atoms with Crippen LogP contribution in [0.5, 0.6) is 0 Å². The third-order valence-corrected chi connectivity index (χ3v) is 2.96. The highest BCUT2D eigenvalue weighted by Gasteiger charge is 2.44. The summed E-state index contributed by atoms with van der Waals surface area (Å²) < 4.78 is 6.53. The Labute approximate surface area is 107 Å². The zero-order chi connectivity index (χ0) is 14.2. The summed E-state index contributed by atoms with van der Waals surface area (Å²) in [6.07, 6.45) is -3.34. The number of aromatic nitrogens is 2. The molecule has 0 radical (unpaired) electrons. The van der Waals surface area contributed by atoms with Crippen LogP contribution in [0.1, 0.15) is 11.9 Å². The van der Waals surface area contributed by atoms with Gasteiger partial charge < -0.3 is 36.7 Å². The minimum Gasteiger partial charge on any atom is -0.409 e. The van der Waals surface area contributed by atoms with Gasteiger partial charge in [-0.2, -0.15) is 0 Å². The normalized spacial score (nSPS) is 31.8. The van der Waals surface area contributed by atoms with Crippen molar-refractivity contribution in [3.05, 3.63) is 12.0 Å². The molecule has 1 saturated heterocycles. The van der Waals surface area contributed by atoms with Crippen molar-refractivity contribution in [3.63, 3.8) is 0 Å². The van der Waals surface area contributed by atoms with Crippen LogP contribution in [0, 0.1) is 0 Å². The van der Waals surface area contributed by atoms with Crippen LogP contribution in [-0.4, -0.2) is 60.8 Å². The number of rotatable bonds is 3. The van der Waals surface area contributed by atoms with Crippen molar-refractivity contribution in [2.45, 2.75) is 24.5 Å². The molecule has 2 rings (SSSR count). The summed E-state index contributed by atoms with van der Waals surface area (Å²) in [7, 11) is 0. The minimum atomic E-state index is -1.31. The molecule has 0 amide bonds. The first kappa shape index (κ1) is 13.5. The summed E-state index contributed by atoms with van der Waals surface area (Å²) in [6.45, 7) is -0.461. The highest BCUT2D eigenvalue weighted by molar-refractivity contribution is 5.99. The Morgan fingerprint density at radius 2 is 2.16 bits per heavy atom. The molecule has 19 heavy (non-hydrogen) atoms. The van der Waals surface area contributed by atoms with E-state index >= 15 is 0 Å². The van der Waals surface area contributed by atoms with E-state index in [9.17, 15) is 10.2 Å². The molecule has 10 heteroatoms. The Bertz CT molecular complexity index is 489. The van der Waals surface area contributed by atoms with Crippen LogP contribution in [0.3, 0.4) is 0 Å². The largest absolute Gasteiger partial charge is 0.409 e. The molecular formula is C9H15N5O5. The number of oxime groups is 1. The van der Waals surface area contributed by atoms with Gasteiger partial charge in [-0.05, 0) is 0 Å². The van der Waals surface area contributed by atoms with E-state index in [1.54, 1.807) is 0 Å². The molecule has 0 aliphatic carbocycles. The first-order valence-electron chi connectivity index (χ1n) is 5.44. The number of nitrogens with zero attached hydrogens (tertiary/aromatic N) is 3. The molecular weight excluding hydrogens is 258 g/mol. The fourth-order valence-electron chi connectivity index (χ4n) is 1.99. The number of hydrogen-bond donors (Lipinski definition) is 6. The molecule has 2 heterocycles. The van der Waals surface area contributed by atoms with E-state index in [-0.39, 0.29) is 17.3 Å². The van der Waals surface area contributed by atoms with Crippen molar-refractivity contribution in [2.24, 2.45) is 10.9 Å². The summed E-state index contributed by atoms with van der Waals surface area (Å²) in [6, 6.07) is 0. The molecule has 4 atom stereocenters. The van der Waals surface area contributed by atoms with Crippen molar-refractivity contribution in [1.29, 1.82) is 0 Å². The first-order valence-corrected chi connectivity index (χ1v) is 5.44. The van der Waals surface area contributed by atoms with Crippen LogP contribution in [0.4, 0.5) is 5.82 Å². The highest BCUT2D eigenvalue weighted by Crippen LogP contribution is 2.31. The van der Waals surface area contributed by atoms with Gasteiger partial charge in [-0.1, -0.05) is 5.16 Å². The molecule has 4 unspecified atom stereocenters. The smallest absolute Gasteiger partial charge is 0.190 e. The number of nitrogen functional groups attached to an aromatic ring is 1. The van der Waals surface area contributed by atoms with E-state index in [1.165, 1.54) is 10.9 Å². The van der Waals surface area contributed by atoms with E-state index in [0.29, 0.717) is 0 Å². The molecule has 1 aliphatic rings. The van der Waals surface area contributed by atoms with Gasteiger partial charge in [0.05, 0.1) is 12.9 Å². The number of aliphatic hydroxyl groups excluding tert-OH is 3. The van der Waals surface area contributed by atoms with E-state index in [4.69, 9.17) is 26.5 Å². The third kappa shape index (κ3) is 2.10. The number of aliphatic hydroxyl groups is 3. The summed E-state index contributed by atoms with van der Waals surface area (Å²) in [5, 5.41) is 40.1. The van der Waals surface area contributed by atoms with Crippen LogP contribution in [-0.2, 0) is 4.74 Å². The van der Waals surface area contributed by atoms with Crippen molar-refractivity contribution < 1.29 is 25.3 Å². The summed E-state index contributed by atoms with van der Waals surface area (Å²) in [5.41, 5.74) is 11.1. The Hall–Kier alpha value is -1.88. The number of ether oxygens (including phenoxy) is 1. The zero-order valence-electron chi connectivity index (χ0n) is 9.79. The number of amidine groups is 1. The molecule has 0 aromatic carbocycles. The molecule has 1 aromatic heterocycles. The monoisotopic (exact) mass is 273 g/mol. The molecule has 0 saturated carbocycles. The van der Waals surface area contributed by atoms with Gasteiger partial charge in [0.15, 0.2) is 17.9 Å².